The Morgan fingerprint density at radius 2 is 2.00 bits per heavy atom. The minimum Gasteiger partial charge on any atom is -0.369 e. The first-order valence-corrected chi connectivity index (χ1v) is 9.77. The number of hydrogen-bond donors (Lipinski definition) is 1. The number of halogens is 1. The van der Waals surface area contributed by atoms with Crippen molar-refractivity contribution in [2.24, 2.45) is 5.73 Å². The molecule has 2 N–H and O–H groups in total. The smallest absolute Gasteiger partial charge is 0.222 e. The van der Waals surface area contributed by atoms with E-state index in [-0.39, 0.29) is 5.91 Å². The predicted molar refractivity (Wildman–Crippen MR) is 103 cm³/mol. The molecule has 1 amide bonds. The van der Waals surface area contributed by atoms with Crippen molar-refractivity contribution in [3.8, 4) is 0 Å². The highest BCUT2D eigenvalue weighted by atomic mass is 35.5. The lowest BCUT2D eigenvalue weighted by Gasteiger charge is -2.44. The maximum absolute atomic E-state index is 12.3. The Balaban J connectivity index is 1.51. The number of piperidine rings is 1. The minimum absolute atomic E-state index is 0.271. The third-order valence-electron chi connectivity index (χ3n) is 5.35. The molecule has 6 heteroatoms. The number of rotatable bonds is 5. The summed E-state index contributed by atoms with van der Waals surface area (Å²) in [5.41, 5.74) is 6.73. The molecular formula is C19H29ClN4O. The van der Waals surface area contributed by atoms with Crippen LogP contribution in [0, 0.1) is 0 Å². The van der Waals surface area contributed by atoms with Crippen molar-refractivity contribution in [1.82, 2.24) is 9.80 Å². The van der Waals surface area contributed by atoms with Crippen LogP contribution in [0.5, 0.6) is 0 Å². The van der Waals surface area contributed by atoms with E-state index >= 15 is 0 Å². The summed E-state index contributed by atoms with van der Waals surface area (Å²) in [4.78, 5) is 19.3. The Labute approximate surface area is 155 Å². The fourth-order valence-electron chi connectivity index (χ4n) is 3.91. The van der Waals surface area contributed by atoms with Gasteiger partial charge < -0.3 is 15.5 Å². The lowest BCUT2D eigenvalue weighted by Crippen LogP contribution is -2.55. The first kappa shape index (κ1) is 18.5. The molecule has 0 unspecified atom stereocenters. The van der Waals surface area contributed by atoms with E-state index in [0.29, 0.717) is 19.0 Å². The van der Waals surface area contributed by atoms with E-state index in [0.717, 1.165) is 57.1 Å². The normalized spacial score (nSPS) is 22.2. The topological polar surface area (TPSA) is 52.8 Å². The lowest BCUT2D eigenvalue weighted by atomic mass is 10.0. The molecule has 1 atom stereocenters. The van der Waals surface area contributed by atoms with Crippen molar-refractivity contribution in [1.29, 1.82) is 0 Å². The number of nitrogens with two attached hydrogens (primary N) is 1. The molecule has 0 aliphatic carbocycles. The van der Waals surface area contributed by atoms with Gasteiger partial charge in [-0.3, -0.25) is 9.69 Å². The van der Waals surface area contributed by atoms with Crippen molar-refractivity contribution in [2.45, 2.75) is 31.7 Å². The molecule has 2 heterocycles. The molecule has 5 nitrogen and oxygen atoms in total. The highest BCUT2D eigenvalue weighted by Gasteiger charge is 2.29. The van der Waals surface area contributed by atoms with E-state index < -0.39 is 0 Å². The highest BCUT2D eigenvalue weighted by molar-refractivity contribution is 6.30. The molecule has 1 aromatic rings. The van der Waals surface area contributed by atoms with Gasteiger partial charge in [-0.2, -0.15) is 0 Å². The number of anilines is 1. The average molecular weight is 365 g/mol. The quantitative estimate of drug-likeness (QED) is 0.870. The van der Waals surface area contributed by atoms with E-state index in [4.69, 9.17) is 17.3 Å². The lowest BCUT2D eigenvalue weighted by molar-refractivity contribution is -0.133. The Kier molecular flexibility index (Phi) is 6.57. The van der Waals surface area contributed by atoms with Gasteiger partial charge in [-0.05, 0) is 44.0 Å². The van der Waals surface area contributed by atoms with Gasteiger partial charge in [0, 0.05) is 62.4 Å². The summed E-state index contributed by atoms with van der Waals surface area (Å²) in [5.74, 6) is 0.271. The van der Waals surface area contributed by atoms with Crippen LogP contribution in [0.15, 0.2) is 24.3 Å². The molecule has 2 fully saturated rings. The van der Waals surface area contributed by atoms with Crippen LogP contribution in [0.2, 0.25) is 5.02 Å². The predicted octanol–water partition coefficient (Wildman–Crippen LogP) is 2.19. The Morgan fingerprint density at radius 1 is 1.20 bits per heavy atom. The summed E-state index contributed by atoms with van der Waals surface area (Å²) in [5, 5.41) is 0.791. The van der Waals surface area contributed by atoms with Crippen molar-refractivity contribution in [3.05, 3.63) is 29.3 Å². The average Bonchev–Trinajstić information content (AvgIpc) is 2.66. The summed E-state index contributed by atoms with van der Waals surface area (Å²) < 4.78 is 0. The number of hydrogen-bond acceptors (Lipinski definition) is 4. The Hall–Kier alpha value is -1.30. The van der Waals surface area contributed by atoms with Gasteiger partial charge in [-0.15, -0.1) is 0 Å². The van der Waals surface area contributed by atoms with Crippen LogP contribution >= 0.6 is 11.6 Å². The molecule has 25 heavy (non-hydrogen) atoms. The molecule has 138 valence electrons. The third-order valence-corrected chi connectivity index (χ3v) is 5.58. The number of nitrogens with zero attached hydrogens (tertiary/aromatic N) is 3. The van der Waals surface area contributed by atoms with E-state index in [2.05, 4.69) is 15.9 Å². The number of amides is 1. The summed E-state index contributed by atoms with van der Waals surface area (Å²) >= 11 is 6.11. The molecule has 1 aromatic carbocycles. The number of benzene rings is 1. The molecule has 0 radical (unpaired) electrons. The van der Waals surface area contributed by atoms with Crippen LogP contribution in [-0.4, -0.2) is 67.6 Å². The zero-order chi connectivity index (χ0) is 17.6. The Morgan fingerprint density at radius 3 is 2.72 bits per heavy atom. The van der Waals surface area contributed by atoms with Crippen molar-refractivity contribution in [2.75, 3.05) is 50.7 Å². The van der Waals surface area contributed by atoms with Gasteiger partial charge in [0.25, 0.3) is 0 Å². The molecule has 0 saturated carbocycles. The molecule has 0 bridgehead atoms. The summed E-state index contributed by atoms with van der Waals surface area (Å²) in [7, 11) is 0. The maximum Gasteiger partial charge on any atom is 0.222 e. The largest absolute Gasteiger partial charge is 0.369 e. The second-order valence-corrected chi connectivity index (χ2v) is 7.47. The fraction of sp³-hybridized carbons (Fsp3) is 0.632. The maximum atomic E-state index is 12.3. The van der Waals surface area contributed by atoms with Crippen molar-refractivity contribution < 1.29 is 4.79 Å². The van der Waals surface area contributed by atoms with Crippen LogP contribution in [0.3, 0.4) is 0 Å². The number of likely N-dealkylation sites (tertiary alicyclic amines) is 1. The van der Waals surface area contributed by atoms with E-state index in [1.807, 2.05) is 23.1 Å². The molecular weight excluding hydrogens is 336 g/mol. The first-order valence-electron chi connectivity index (χ1n) is 9.40. The molecule has 2 aliphatic heterocycles. The first-order chi connectivity index (χ1) is 12.2. The number of piperazine rings is 1. The summed E-state index contributed by atoms with van der Waals surface area (Å²) in [6.07, 6.45) is 3.68. The van der Waals surface area contributed by atoms with Crippen LogP contribution in [0.1, 0.15) is 25.7 Å². The summed E-state index contributed by atoms with van der Waals surface area (Å²) in [6.45, 7) is 6.48. The summed E-state index contributed by atoms with van der Waals surface area (Å²) in [6, 6.07) is 8.59. The second-order valence-electron chi connectivity index (χ2n) is 7.03. The monoisotopic (exact) mass is 364 g/mol. The molecule has 0 spiro atoms. The third kappa shape index (κ3) is 4.87. The molecule has 2 aliphatic rings. The molecule has 3 rings (SSSR count). The van der Waals surface area contributed by atoms with E-state index in [1.165, 1.54) is 12.1 Å². The SMILES string of the molecule is NCCCC(=O)N1CCC[C@@H](N2CCN(c3cccc(Cl)c3)CC2)C1. The zero-order valence-corrected chi connectivity index (χ0v) is 15.6. The highest BCUT2D eigenvalue weighted by Crippen LogP contribution is 2.23. The fourth-order valence-corrected chi connectivity index (χ4v) is 4.09. The van der Waals surface area contributed by atoms with Gasteiger partial charge in [-0.1, -0.05) is 17.7 Å². The van der Waals surface area contributed by atoms with Gasteiger partial charge in [0.05, 0.1) is 0 Å². The number of carbonyl (C=O) groups excluding carboxylic acids is 1. The zero-order valence-electron chi connectivity index (χ0n) is 14.9. The van der Waals surface area contributed by atoms with Gasteiger partial charge in [0.1, 0.15) is 0 Å². The van der Waals surface area contributed by atoms with Crippen LogP contribution in [0.4, 0.5) is 5.69 Å². The van der Waals surface area contributed by atoms with Crippen molar-refractivity contribution >= 4 is 23.2 Å². The van der Waals surface area contributed by atoms with Gasteiger partial charge in [0.15, 0.2) is 0 Å². The standard InChI is InChI=1S/C19H29ClN4O/c20-16-4-1-5-17(14-16)22-10-12-23(13-11-22)18-6-3-9-24(15-18)19(25)7-2-8-21/h1,4-5,14,18H,2-3,6-13,15,21H2/t18-/m1/s1. The van der Waals surface area contributed by atoms with E-state index in [9.17, 15) is 4.79 Å². The van der Waals surface area contributed by atoms with Crippen LogP contribution in [-0.2, 0) is 4.79 Å². The van der Waals surface area contributed by atoms with Gasteiger partial charge in [-0.25, -0.2) is 0 Å². The van der Waals surface area contributed by atoms with Crippen LogP contribution < -0.4 is 10.6 Å². The van der Waals surface area contributed by atoms with Gasteiger partial charge >= 0.3 is 0 Å². The minimum atomic E-state index is 0.271. The second kappa shape index (κ2) is 8.88. The molecule has 0 aromatic heterocycles. The van der Waals surface area contributed by atoms with Crippen molar-refractivity contribution in [3.63, 3.8) is 0 Å². The Bertz CT molecular complexity index is 574. The van der Waals surface area contributed by atoms with Crippen LogP contribution in [0.25, 0.3) is 0 Å². The number of carbonyl (C=O) groups is 1. The van der Waals surface area contributed by atoms with E-state index in [1.54, 1.807) is 0 Å². The molecule has 2 saturated heterocycles. The van der Waals surface area contributed by atoms with Gasteiger partial charge in [0.2, 0.25) is 5.91 Å².